The molecule has 7 heteroatoms. The van der Waals surface area contributed by atoms with Gasteiger partial charge in [-0.2, -0.15) is 0 Å². The van der Waals surface area contributed by atoms with Crippen molar-refractivity contribution in [2.45, 2.75) is 51.8 Å². The Kier molecular flexibility index (Phi) is 7.24. The second kappa shape index (κ2) is 10.2. The molecule has 184 valence electrons. The largest absolute Gasteiger partial charge is 0.573 e. The lowest BCUT2D eigenvalue weighted by molar-refractivity contribution is -0.274. The SMILES string of the molecule is CCCCCc1cc(F)c(C2=Cc3cc(F)c(-c4ccc(OC(F)(F)F)cc4)cc3CC2)c(F)c1. The van der Waals surface area contributed by atoms with E-state index in [9.17, 15) is 26.3 Å². The maximum Gasteiger partial charge on any atom is 0.573 e. The molecule has 3 aromatic rings. The van der Waals surface area contributed by atoms with Crippen LogP contribution in [0.5, 0.6) is 5.75 Å². The molecular weight excluding hydrogens is 466 g/mol. The van der Waals surface area contributed by atoms with Crippen LogP contribution in [0.25, 0.3) is 22.8 Å². The lowest BCUT2D eigenvalue weighted by atomic mass is 9.86. The highest BCUT2D eigenvalue weighted by atomic mass is 19.4. The molecule has 4 rings (SSSR count). The van der Waals surface area contributed by atoms with Crippen LogP contribution in [0.4, 0.5) is 26.3 Å². The zero-order chi connectivity index (χ0) is 25.2. The fourth-order valence-corrected chi connectivity index (χ4v) is 4.42. The number of aryl methyl sites for hydroxylation is 2. The number of alkyl halides is 3. The number of unbranched alkanes of at least 4 members (excludes halogenated alkanes) is 2. The van der Waals surface area contributed by atoms with Crippen molar-refractivity contribution in [3.63, 3.8) is 0 Å². The van der Waals surface area contributed by atoms with Gasteiger partial charge in [-0.25, -0.2) is 13.2 Å². The summed E-state index contributed by atoms with van der Waals surface area (Å²) in [7, 11) is 0. The molecule has 0 saturated carbocycles. The Labute approximate surface area is 200 Å². The van der Waals surface area contributed by atoms with Crippen LogP contribution in [0.1, 0.15) is 54.9 Å². The molecule has 0 unspecified atom stereocenters. The monoisotopic (exact) mass is 490 g/mol. The maximum absolute atomic E-state index is 14.9. The van der Waals surface area contributed by atoms with Gasteiger partial charge in [0.15, 0.2) is 0 Å². The molecule has 0 N–H and O–H groups in total. The van der Waals surface area contributed by atoms with Gasteiger partial charge in [0.25, 0.3) is 0 Å². The summed E-state index contributed by atoms with van der Waals surface area (Å²) in [6.45, 7) is 2.06. The number of halogens is 6. The molecule has 0 aliphatic heterocycles. The molecule has 0 amide bonds. The molecule has 35 heavy (non-hydrogen) atoms. The number of hydrogen-bond acceptors (Lipinski definition) is 1. The second-order valence-electron chi connectivity index (χ2n) is 8.66. The summed E-state index contributed by atoms with van der Waals surface area (Å²) in [5, 5.41) is 0. The molecule has 0 heterocycles. The molecular formula is C28H24F6O. The topological polar surface area (TPSA) is 9.23 Å². The van der Waals surface area contributed by atoms with E-state index >= 15 is 0 Å². The highest BCUT2D eigenvalue weighted by Crippen LogP contribution is 2.37. The first-order valence-corrected chi connectivity index (χ1v) is 11.5. The molecule has 0 fully saturated rings. The van der Waals surface area contributed by atoms with Crippen molar-refractivity contribution in [2.75, 3.05) is 0 Å². The normalized spacial score (nSPS) is 13.4. The molecule has 0 atom stereocenters. The van der Waals surface area contributed by atoms with Crippen molar-refractivity contribution in [1.82, 2.24) is 0 Å². The van der Waals surface area contributed by atoms with Gasteiger partial charge in [-0.3, -0.25) is 0 Å². The van der Waals surface area contributed by atoms with E-state index in [1.54, 1.807) is 12.1 Å². The third-order valence-corrected chi connectivity index (χ3v) is 6.11. The van der Waals surface area contributed by atoms with E-state index in [0.717, 1.165) is 37.0 Å². The van der Waals surface area contributed by atoms with Crippen LogP contribution >= 0.6 is 0 Å². The first kappa shape index (κ1) is 24.9. The second-order valence-corrected chi connectivity index (χ2v) is 8.66. The molecule has 0 saturated heterocycles. The van der Waals surface area contributed by atoms with Gasteiger partial charge in [-0.05, 0) is 89.9 Å². The molecule has 0 bridgehead atoms. The number of benzene rings is 3. The zero-order valence-electron chi connectivity index (χ0n) is 19.1. The van der Waals surface area contributed by atoms with Crippen molar-refractivity contribution < 1.29 is 31.1 Å². The minimum absolute atomic E-state index is 0.0837. The molecule has 0 radical (unpaired) electrons. The van der Waals surface area contributed by atoms with Gasteiger partial charge in [0.05, 0.1) is 0 Å². The average Bonchev–Trinajstić information content (AvgIpc) is 2.78. The van der Waals surface area contributed by atoms with Crippen LogP contribution in [0.2, 0.25) is 0 Å². The first-order chi connectivity index (χ1) is 16.6. The third-order valence-electron chi connectivity index (χ3n) is 6.11. The first-order valence-electron chi connectivity index (χ1n) is 11.5. The standard InChI is InChI=1S/C28H24F6O/c1-2-3-4-5-17-12-25(30)27(26(31)13-17)20-7-6-19-15-23(24(29)16-21(19)14-20)18-8-10-22(11-9-18)35-28(32,33)34/h8-16H,2-7H2,1H3. The van der Waals surface area contributed by atoms with Crippen molar-refractivity contribution >= 4 is 11.6 Å². The quantitative estimate of drug-likeness (QED) is 0.237. The van der Waals surface area contributed by atoms with Gasteiger partial charge in [0.1, 0.15) is 23.2 Å². The Morgan fingerprint density at radius 2 is 1.51 bits per heavy atom. The van der Waals surface area contributed by atoms with Crippen molar-refractivity contribution in [1.29, 1.82) is 0 Å². The molecule has 0 aromatic heterocycles. The summed E-state index contributed by atoms with van der Waals surface area (Å²) in [5.41, 5.74) is 2.94. The molecule has 1 aliphatic carbocycles. The summed E-state index contributed by atoms with van der Waals surface area (Å²) in [6, 6.07) is 10.6. The summed E-state index contributed by atoms with van der Waals surface area (Å²) in [6.07, 6.45) is 1.10. The minimum atomic E-state index is -4.81. The van der Waals surface area contributed by atoms with E-state index in [2.05, 4.69) is 11.7 Å². The van der Waals surface area contributed by atoms with Crippen LogP contribution in [-0.2, 0) is 12.8 Å². The highest BCUT2D eigenvalue weighted by molar-refractivity contribution is 5.86. The van der Waals surface area contributed by atoms with Gasteiger partial charge in [0.2, 0.25) is 0 Å². The summed E-state index contributed by atoms with van der Waals surface area (Å²) < 4.78 is 85.6. The minimum Gasteiger partial charge on any atom is -0.406 e. The number of ether oxygens (including phenoxy) is 1. The Morgan fingerprint density at radius 1 is 0.829 bits per heavy atom. The predicted octanol–water partition coefficient (Wildman–Crippen LogP) is 8.89. The van der Waals surface area contributed by atoms with E-state index < -0.39 is 29.6 Å². The summed E-state index contributed by atoms with van der Waals surface area (Å²) >= 11 is 0. The highest BCUT2D eigenvalue weighted by Gasteiger charge is 2.31. The van der Waals surface area contributed by atoms with Crippen LogP contribution < -0.4 is 4.74 Å². The van der Waals surface area contributed by atoms with E-state index in [4.69, 9.17) is 0 Å². The predicted molar refractivity (Wildman–Crippen MR) is 124 cm³/mol. The Hall–Kier alpha value is -3.22. The fraction of sp³-hybridized carbons (Fsp3) is 0.286. The van der Waals surface area contributed by atoms with E-state index in [1.807, 2.05) is 0 Å². The molecule has 1 aliphatic rings. The van der Waals surface area contributed by atoms with Crippen molar-refractivity contribution in [2.24, 2.45) is 0 Å². The Morgan fingerprint density at radius 3 is 2.14 bits per heavy atom. The summed E-state index contributed by atoms with van der Waals surface area (Å²) in [5.74, 6) is -2.22. The van der Waals surface area contributed by atoms with Crippen molar-refractivity contribution in [3.05, 3.63) is 88.2 Å². The zero-order valence-corrected chi connectivity index (χ0v) is 19.1. The smallest absolute Gasteiger partial charge is 0.406 e. The third kappa shape index (κ3) is 5.89. The number of hydrogen-bond donors (Lipinski definition) is 0. The van der Waals surface area contributed by atoms with Gasteiger partial charge < -0.3 is 4.74 Å². The average molecular weight is 490 g/mol. The van der Waals surface area contributed by atoms with Gasteiger partial charge in [-0.1, -0.05) is 38.0 Å². The fourth-order valence-electron chi connectivity index (χ4n) is 4.42. The van der Waals surface area contributed by atoms with Crippen molar-refractivity contribution in [3.8, 4) is 16.9 Å². The lowest BCUT2D eigenvalue weighted by Crippen LogP contribution is -2.16. The number of rotatable bonds is 7. The lowest BCUT2D eigenvalue weighted by Gasteiger charge is -2.20. The Bertz CT molecular complexity index is 1220. The van der Waals surface area contributed by atoms with Gasteiger partial charge >= 0.3 is 6.36 Å². The van der Waals surface area contributed by atoms with Gasteiger partial charge in [0, 0.05) is 11.1 Å². The molecule has 1 nitrogen and oxygen atoms in total. The molecule has 3 aromatic carbocycles. The molecule has 0 spiro atoms. The number of fused-ring (bicyclic) bond motifs is 1. The van der Waals surface area contributed by atoms with Crippen LogP contribution in [-0.4, -0.2) is 6.36 Å². The Balaban J connectivity index is 1.60. The number of allylic oxidation sites excluding steroid dienone is 1. The summed E-state index contributed by atoms with van der Waals surface area (Å²) in [4.78, 5) is 0. The van der Waals surface area contributed by atoms with E-state index in [-0.39, 0.29) is 11.1 Å². The van der Waals surface area contributed by atoms with E-state index in [1.165, 1.54) is 30.3 Å². The van der Waals surface area contributed by atoms with Gasteiger partial charge in [-0.15, -0.1) is 13.2 Å². The van der Waals surface area contributed by atoms with Crippen LogP contribution in [0, 0.1) is 17.5 Å². The van der Waals surface area contributed by atoms with Crippen LogP contribution in [0.3, 0.4) is 0 Å². The van der Waals surface area contributed by atoms with E-state index in [0.29, 0.717) is 41.5 Å². The maximum atomic E-state index is 14.9. The van der Waals surface area contributed by atoms with Crippen LogP contribution in [0.15, 0.2) is 48.5 Å².